The van der Waals surface area contributed by atoms with Gasteiger partial charge in [-0.3, -0.25) is 0 Å². The van der Waals surface area contributed by atoms with Gasteiger partial charge in [-0.05, 0) is 31.4 Å². The van der Waals surface area contributed by atoms with E-state index in [1.807, 2.05) is 6.92 Å². The molecule has 1 fully saturated rings. The monoisotopic (exact) mass is 372 g/mol. The average molecular weight is 372 g/mol. The van der Waals surface area contributed by atoms with E-state index < -0.39 is 48.3 Å². The van der Waals surface area contributed by atoms with Crippen molar-refractivity contribution in [3.63, 3.8) is 0 Å². The fourth-order valence-corrected chi connectivity index (χ4v) is 3.78. The summed E-state index contributed by atoms with van der Waals surface area (Å²) >= 11 is 0. The Kier molecular flexibility index (Phi) is 6.66. The molecule has 0 saturated carbocycles. The summed E-state index contributed by atoms with van der Waals surface area (Å²) in [6.45, 7) is 4.64. The molecule has 2 aliphatic rings. The highest BCUT2D eigenvalue weighted by Crippen LogP contribution is 2.46. The van der Waals surface area contributed by atoms with Crippen LogP contribution in [0.3, 0.4) is 0 Å². The molecule has 1 aliphatic heterocycles. The number of aliphatic hydroxyl groups excluding tert-OH is 4. The highest BCUT2D eigenvalue weighted by Gasteiger charge is 2.56. The van der Waals surface area contributed by atoms with Crippen LogP contribution in [0.1, 0.15) is 46.5 Å². The Labute approximate surface area is 154 Å². The third kappa shape index (κ3) is 4.36. The van der Waals surface area contributed by atoms with Gasteiger partial charge in [0.15, 0.2) is 0 Å². The summed E-state index contributed by atoms with van der Waals surface area (Å²) in [7, 11) is 0. The molecule has 0 amide bonds. The normalized spacial score (nSPS) is 35.0. The number of rotatable bonds is 7. The summed E-state index contributed by atoms with van der Waals surface area (Å²) in [5.74, 6) is 0. The lowest BCUT2D eigenvalue weighted by atomic mass is 9.74. The van der Waals surface area contributed by atoms with E-state index in [4.69, 9.17) is 4.74 Å². The van der Waals surface area contributed by atoms with Crippen molar-refractivity contribution in [1.29, 1.82) is 0 Å². The standard InChI is InChI=1S/C19H32O7/c1-4-5-13(21)14(22)7-6-11-12(10-20)17-19(25,8-15(11)23)9-16(26-17)18(2,3)24/h6-7,13-17,20-25H,4-5,8-10H2,1-3H3. The molecule has 0 aromatic rings. The average Bonchev–Trinajstić information content (AvgIpc) is 2.89. The van der Waals surface area contributed by atoms with E-state index in [0.717, 1.165) is 6.42 Å². The summed E-state index contributed by atoms with van der Waals surface area (Å²) in [5.41, 5.74) is -1.86. The third-order valence-electron chi connectivity index (χ3n) is 5.33. The quantitative estimate of drug-likeness (QED) is 0.364. The maximum absolute atomic E-state index is 10.9. The van der Waals surface area contributed by atoms with E-state index in [1.165, 1.54) is 12.2 Å². The zero-order valence-corrected chi connectivity index (χ0v) is 15.7. The van der Waals surface area contributed by atoms with Gasteiger partial charge in [-0.15, -0.1) is 0 Å². The first kappa shape index (κ1) is 21.5. The summed E-state index contributed by atoms with van der Waals surface area (Å²) in [6.07, 6.45) is -0.359. The Bertz CT molecular complexity index is 551. The molecule has 26 heavy (non-hydrogen) atoms. The lowest BCUT2D eigenvalue weighted by molar-refractivity contribution is -0.0948. The molecule has 0 aromatic carbocycles. The van der Waals surface area contributed by atoms with E-state index in [0.29, 0.717) is 17.6 Å². The van der Waals surface area contributed by atoms with Gasteiger partial charge in [0.05, 0.1) is 36.6 Å². The van der Waals surface area contributed by atoms with Gasteiger partial charge in [0.2, 0.25) is 0 Å². The maximum atomic E-state index is 10.9. The number of aliphatic hydroxyl groups is 6. The van der Waals surface area contributed by atoms with Crippen molar-refractivity contribution in [3.05, 3.63) is 23.3 Å². The zero-order valence-electron chi connectivity index (χ0n) is 15.7. The predicted octanol–water partition coefficient (Wildman–Crippen LogP) is -0.223. The molecule has 7 heteroatoms. The Morgan fingerprint density at radius 2 is 1.96 bits per heavy atom. The fourth-order valence-electron chi connectivity index (χ4n) is 3.78. The minimum Gasteiger partial charge on any atom is -0.392 e. The molecule has 1 heterocycles. The Morgan fingerprint density at radius 3 is 2.50 bits per heavy atom. The molecule has 7 nitrogen and oxygen atoms in total. The minimum atomic E-state index is -1.38. The molecule has 6 N–H and O–H groups in total. The molecule has 1 saturated heterocycles. The summed E-state index contributed by atoms with van der Waals surface area (Å²) in [6, 6.07) is 0. The second kappa shape index (κ2) is 8.06. The van der Waals surface area contributed by atoms with Crippen LogP contribution < -0.4 is 0 Å². The first-order chi connectivity index (χ1) is 12.0. The number of ether oxygens (including phenoxy) is 1. The van der Waals surface area contributed by atoms with Gasteiger partial charge in [0.1, 0.15) is 11.7 Å². The highest BCUT2D eigenvalue weighted by molar-refractivity contribution is 5.39. The SMILES string of the molecule is CCCC(O)C(O)C=CC1=C(CO)C2OC(C(C)(C)O)CC2(O)CC1O. The highest BCUT2D eigenvalue weighted by atomic mass is 16.5. The molecule has 0 spiro atoms. The van der Waals surface area contributed by atoms with E-state index in [2.05, 4.69) is 0 Å². The van der Waals surface area contributed by atoms with Crippen molar-refractivity contribution in [2.75, 3.05) is 6.61 Å². The Balaban J connectivity index is 2.29. The molecule has 6 atom stereocenters. The van der Waals surface area contributed by atoms with Crippen LogP contribution in [0.25, 0.3) is 0 Å². The van der Waals surface area contributed by atoms with Gasteiger partial charge in [0.25, 0.3) is 0 Å². The van der Waals surface area contributed by atoms with E-state index >= 15 is 0 Å². The Hall–Kier alpha value is -0.800. The maximum Gasteiger partial charge on any atom is 0.111 e. The summed E-state index contributed by atoms with van der Waals surface area (Å²) in [5, 5.41) is 61.2. The van der Waals surface area contributed by atoms with Crippen molar-refractivity contribution in [1.82, 2.24) is 0 Å². The molecule has 150 valence electrons. The molecule has 0 radical (unpaired) electrons. The van der Waals surface area contributed by atoms with Crippen LogP contribution in [0.4, 0.5) is 0 Å². The van der Waals surface area contributed by atoms with Crippen molar-refractivity contribution in [3.8, 4) is 0 Å². The van der Waals surface area contributed by atoms with Gasteiger partial charge >= 0.3 is 0 Å². The topological polar surface area (TPSA) is 131 Å². The van der Waals surface area contributed by atoms with Gasteiger partial charge < -0.3 is 35.4 Å². The number of hydrogen-bond acceptors (Lipinski definition) is 7. The van der Waals surface area contributed by atoms with Gasteiger partial charge in [0, 0.05) is 12.8 Å². The van der Waals surface area contributed by atoms with Crippen LogP contribution in [0.5, 0.6) is 0 Å². The summed E-state index contributed by atoms with van der Waals surface area (Å²) < 4.78 is 5.83. The van der Waals surface area contributed by atoms with Crippen LogP contribution in [0, 0.1) is 0 Å². The first-order valence-corrected chi connectivity index (χ1v) is 9.20. The van der Waals surface area contributed by atoms with E-state index in [1.54, 1.807) is 13.8 Å². The minimum absolute atomic E-state index is 0.00102. The van der Waals surface area contributed by atoms with Gasteiger partial charge in [-0.1, -0.05) is 25.5 Å². The molecule has 1 aliphatic carbocycles. The van der Waals surface area contributed by atoms with Crippen LogP contribution in [-0.2, 0) is 4.74 Å². The smallest absolute Gasteiger partial charge is 0.111 e. The zero-order chi connectivity index (χ0) is 19.7. The van der Waals surface area contributed by atoms with Crippen LogP contribution in [-0.4, -0.2) is 79.0 Å². The van der Waals surface area contributed by atoms with Crippen molar-refractivity contribution < 1.29 is 35.4 Å². The first-order valence-electron chi connectivity index (χ1n) is 9.20. The molecule has 6 unspecified atom stereocenters. The largest absolute Gasteiger partial charge is 0.392 e. The van der Waals surface area contributed by atoms with Crippen LogP contribution in [0.2, 0.25) is 0 Å². The van der Waals surface area contributed by atoms with Gasteiger partial charge in [-0.25, -0.2) is 0 Å². The van der Waals surface area contributed by atoms with Crippen LogP contribution >= 0.6 is 0 Å². The van der Waals surface area contributed by atoms with Gasteiger partial charge in [-0.2, -0.15) is 0 Å². The van der Waals surface area contributed by atoms with Crippen LogP contribution in [0.15, 0.2) is 23.3 Å². The molecular formula is C19H32O7. The lowest BCUT2D eigenvalue weighted by Gasteiger charge is -2.38. The molecular weight excluding hydrogens is 340 g/mol. The summed E-state index contributed by atoms with van der Waals surface area (Å²) in [4.78, 5) is 0. The molecule has 0 bridgehead atoms. The van der Waals surface area contributed by atoms with Crippen molar-refractivity contribution in [2.24, 2.45) is 0 Å². The van der Waals surface area contributed by atoms with Crippen molar-refractivity contribution >= 4 is 0 Å². The number of hydrogen-bond donors (Lipinski definition) is 6. The molecule has 2 rings (SSSR count). The fraction of sp³-hybridized carbons (Fsp3) is 0.789. The van der Waals surface area contributed by atoms with E-state index in [-0.39, 0.29) is 12.8 Å². The van der Waals surface area contributed by atoms with Crippen molar-refractivity contribution in [2.45, 2.75) is 88.2 Å². The van der Waals surface area contributed by atoms with E-state index in [9.17, 15) is 30.6 Å². The second-order valence-electron chi connectivity index (χ2n) is 8.03. The predicted molar refractivity (Wildman–Crippen MR) is 95.3 cm³/mol. The Morgan fingerprint density at radius 1 is 1.31 bits per heavy atom. The lowest BCUT2D eigenvalue weighted by Crippen LogP contribution is -2.48. The second-order valence-corrected chi connectivity index (χ2v) is 8.03. The third-order valence-corrected chi connectivity index (χ3v) is 5.33. The number of fused-ring (bicyclic) bond motifs is 1. The molecule has 0 aromatic heterocycles.